The molecule has 1 N–H and O–H groups in total. The van der Waals surface area contributed by atoms with E-state index in [1.807, 2.05) is 30.3 Å². The van der Waals surface area contributed by atoms with Gasteiger partial charge in [0.25, 0.3) is 11.7 Å². The summed E-state index contributed by atoms with van der Waals surface area (Å²) in [7, 11) is 1.56. The largest absolute Gasteiger partial charge is 0.507 e. The van der Waals surface area contributed by atoms with Crippen molar-refractivity contribution in [2.24, 2.45) is 0 Å². The van der Waals surface area contributed by atoms with Gasteiger partial charge in [-0.15, -0.1) is 0 Å². The van der Waals surface area contributed by atoms with Crippen molar-refractivity contribution >= 4 is 23.1 Å². The fourth-order valence-corrected chi connectivity index (χ4v) is 4.52. The first-order valence-electron chi connectivity index (χ1n) is 12.8. The molecule has 1 amide bonds. The van der Waals surface area contributed by atoms with E-state index in [0.717, 1.165) is 31.2 Å². The van der Waals surface area contributed by atoms with Crippen LogP contribution in [0.3, 0.4) is 0 Å². The highest BCUT2D eigenvalue weighted by Crippen LogP contribution is 2.43. The Morgan fingerprint density at radius 2 is 1.65 bits per heavy atom. The quantitative estimate of drug-likeness (QED) is 0.150. The SMILES string of the molecule is CCCCCOc1ccc(/C(O)=C2/C(=O)C(=O)N(c3ccc(CC)cc3)C2c2cccc(OC)c2)cc1. The molecule has 1 saturated heterocycles. The molecule has 1 unspecified atom stereocenters. The summed E-state index contributed by atoms with van der Waals surface area (Å²) in [6, 6.07) is 20.9. The van der Waals surface area contributed by atoms with Crippen LogP contribution in [0.2, 0.25) is 0 Å². The molecule has 0 aromatic heterocycles. The van der Waals surface area contributed by atoms with Crippen molar-refractivity contribution in [3.05, 3.63) is 95.1 Å². The minimum absolute atomic E-state index is 0.0365. The summed E-state index contributed by atoms with van der Waals surface area (Å²) in [5, 5.41) is 11.4. The molecule has 0 saturated carbocycles. The van der Waals surface area contributed by atoms with E-state index in [1.54, 1.807) is 49.6 Å². The number of methoxy groups -OCH3 is 1. The molecule has 4 rings (SSSR count). The molecule has 37 heavy (non-hydrogen) atoms. The van der Waals surface area contributed by atoms with E-state index in [9.17, 15) is 14.7 Å². The summed E-state index contributed by atoms with van der Waals surface area (Å²) in [6.45, 7) is 4.82. The van der Waals surface area contributed by atoms with Gasteiger partial charge in [0.1, 0.15) is 17.3 Å². The fraction of sp³-hybridized carbons (Fsp3) is 0.290. The van der Waals surface area contributed by atoms with Crippen molar-refractivity contribution in [3.63, 3.8) is 0 Å². The number of aliphatic hydroxyl groups excluding tert-OH is 1. The Labute approximate surface area is 218 Å². The van der Waals surface area contributed by atoms with E-state index >= 15 is 0 Å². The van der Waals surface area contributed by atoms with Crippen molar-refractivity contribution in [3.8, 4) is 11.5 Å². The van der Waals surface area contributed by atoms with E-state index in [1.165, 1.54) is 4.90 Å². The highest BCUT2D eigenvalue weighted by atomic mass is 16.5. The van der Waals surface area contributed by atoms with Gasteiger partial charge in [0, 0.05) is 11.3 Å². The number of Topliss-reactive ketones (excluding diaryl/α,β-unsaturated/α-hetero) is 1. The summed E-state index contributed by atoms with van der Waals surface area (Å²) in [5.41, 5.74) is 2.84. The van der Waals surface area contributed by atoms with Crippen molar-refractivity contribution in [1.82, 2.24) is 0 Å². The Hall–Kier alpha value is -4.06. The molecule has 6 heteroatoms. The third-order valence-electron chi connectivity index (χ3n) is 6.62. The Morgan fingerprint density at radius 3 is 2.30 bits per heavy atom. The average molecular weight is 500 g/mol. The molecule has 1 aliphatic heterocycles. The van der Waals surface area contributed by atoms with Crippen LogP contribution in [0, 0.1) is 0 Å². The van der Waals surface area contributed by atoms with Gasteiger partial charge in [0.05, 0.1) is 25.3 Å². The van der Waals surface area contributed by atoms with Crippen molar-refractivity contribution < 1.29 is 24.2 Å². The number of benzene rings is 3. The normalized spacial score (nSPS) is 16.7. The van der Waals surface area contributed by atoms with Gasteiger partial charge in [-0.2, -0.15) is 0 Å². The number of carbonyl (C=O) groups is 2. The third-order valence-corrected chi connectivity index (χ3v) is 6.62. The molecule has 6 nitrogen and oxygen atoms in total. The molecule has 1 atom stereocenters. The minimum Gasteiger partial charge on any atom is -0.507 e. The Morgan fingerprint density at radius 1 is 0.919 bits per heavy atom. The number of ketones is 1. The van der Waals surface area contributed by atoms with Crippen LogP contribution in [0.25, 0.3) is 5.76 Å². The lowest BCUT2D eigenvalue weighted by Gasteiger charge is -2.26. The van der Waals surface area contributed by atoms with Crippen LogP contribution in [0.5, 0.6) is 11.5 Å². The first-order chi connectivity index (χ1) is 18.0. The maximum atomic E-state index is 13.4. The van der Waals surface area contributed by atoms with Gasteiger partial charge in [-0.05, 0) is 72.5 Å². The molecule has 1 heterocycles. The average Bonchev–Trinajstić information content (AvgIpc) is 3.21. The number of nitrogens with zero attached hydrogens (tertiary/aromatic N) is 1. The summed E-state index contributed by atoms with van der Waals surface area (Å²) in [6.07, 6.45) is 4.05. The van der Waals surface area contributed by atoms with E-state index in [2.05, 4.69) is 13.8 Å². The van der Waals surface area contributed by atoms with Gasteiger partial charge >= 0.3 is 0 Å². The number of unbranched alkanes of at least 4 members (excludes halogenated alkanes) is 2. The lowest BCUT2D eigenvalue weighted by atomic mass is 9.95. The summed E-state index contributed by atoms with van der Waals surface area (Å²) in [5.74, 6) is -0.363. The smallest absolute Gasteiger partial charge is 0.300 e. The van der Waals surface area contributed by atoms with E-state index < -0.39 is 17.7 Å². The number of hydrogen-bond acceptors (Lipinski definition) is 5. The first-order valence-corrected chi connectivity index (χ1v) is 12.8. The number of aryl methyl sites for hydroxylation is 1. The molecule has 192 valence electrons. The van der Waals surface area contributed by atoms with Crippen LogP contribution in [-0.4, -0.2) is 30.5 Å². The highest BCUT2D eigenvalue weighted by molar-refractivity contribution is 6.51. The number of aliphatic hydroxyl groups is 1. The monoisotopic (exact) mass is 499 g/mol. The summed E-state index contributed by atoms with van der Waals surface area (Å²) < 4.78 is 11.2. The zero-order chi connectivity index (χ0) is 26.4. The second-order valence-electron chi connectivity index (χ2n) is 9.05. The maximum absolute atomic E-state index is 13.4. The van der Waals surface area contributed by atoms with Gasteiger partial charge in [-0.1, -0.05) is 51.0 Å². The molecular formula is C31H33NO5. The molecule has 3 aromatic carbocycles. The molecule has 1 fully saturated rings. The first kappa shape index (κ1) is 26.0. The van der Waals surface area contributed by atoms with E-state index in [-0.39, 0.29) is 11.3 Å². The fourth-order valence-electron chi connectivity index (χ4n) is 4.52. The molecular weight excluding hydrogens is 466 g/mol. The Balaban J connectivity index is 1.76. The van der Waals surface area contributed by atoms with E-state index in [4.69, 9.17) is 9.47 Å². The molecule has 1 aliphatic rings. The van der Waals surface area contributed by atoms with Crippen LogP contribution in [0.1, 0.15) is 55.8 Å². The molecule has 0 radical (unpaired) electrons. The van der Waals surface area contributed by atoms with Crippen LogP contribution >= 0.6 is 0 Å². The lowest BCUT2D eigenvalue weighted by molar-refractivity contribution is -0.132. The molecule has 0 bridgehead atoms. The predicted octanol–water partition coefficient (Wildman–Crippen LogP) is 6.45. The van der Waals surface area contributed by atoms with Gasteiger partial charge in [-0.25, -0.2) is 0 Å². The number of hydrogen-bond donors (Lipinski definition) is 1. The number of rotatable bonds is 10. The van der Waals surface area contributed by atoms with Gasteiger partial charge in [0.2, 0.25) is 0 Å². The number of anilines is 1. The number of carbonyl (C=O) groups excluding carboxylic acids is 2. The molecule has 3 aromatic rings. The van der Waals surface area contributed by atoms with Gasteiger partial charge in [0.15, 0.2) is 0 Å². The van der Waals surface area contributed by atoms with Crippen molar-refractivity contribution in [2.75, 3.05) is 18.6 Å². The minimum atomic E-state index is -0.812. The lowest BCUT2D eigenvalue weighted by Crippen LogP contribution is -2.29. The second-order valence-corrected chi connectivity index (χ2v) is 9.05. The predicted molar refractivity (Wildman–Crippen MR) is 145 cm³/mol. The van der Waals surface area contributed by atoms with Crippen LogP contribution in [0.4, 0.5) is 5.69 Å². The van der Waals surface area contributed by atoms with Crippen molar-refractivity contribution in [1.29, 1.82) is 0 Å². The topological polar surface area (TPSA) is 76.1 Å². The molecule has 0 aliphatic carbocycles. The van der Waals surface area contributed by atoms with Crippen molar-refractivity contribution in [2.45, 2.75) is 45.6 Å². The Kier molecular flexibility index (Phi) is 8.29. The van der Waals surface area contributed by atoms with Gasteiger partial charge < -0.3 is 14.6 Å². The van der Waals surface area contributed by atoms with Crippen LogP contribution in [0.15, 0.2) is 78.4 Å². The van der Waals surface area contributed by atoms with Crippen LogP contribution in [-0.2, 0) is 16.0 Å². The molecule has 0 spiro atoms. The highest BCUT2D eigenvalue weighted by Gasteiger charge is 2.47. The third kappa shape index (κ3) is 5.53. The summed E-state index contributed by atoms with van der Waals surface area (Å²) in [4.78, 5) is 28.2. The Bertz CT molecular complexity index is 1280. The van der Waals surface area contributed by atoms with Crippen LogP contribution < -0.4 is 14.4 Å². The van der Waals surface area contributed by atoms with E-state index in [0.29, 0.717) is 34.9 Å². The maximum Gasteiger partial charge on any atom is 0.300 e. The second kappa shape index (κ2) is 11.8. The standard InChI is InChI=1S/C31H33NO5/c1-4-6-7-19-37-25-17-13-22(14-18-25)29(33)27-28(23-9-8-10-26(20-23)36-3)32(31(35)30(27)34)24-15-11-21(5-2)12-16-24/h8-18,20,28,33H,4-7,19H2,1-3H3/b29-27-. The van der Waals surface area contributed by atoms with Gasteiger partial charge in [-0.3, -0.25) is 14.5 Å². The number of ether oxygens (including phenoxy) is 2. The zero-order valence-corrected chi connectivity index (χ0v) is 21.6. The zero-order valence-electron chi connectivity index (χ0n) is 21.6. The summed E-state index contributed by atoms with van der Waals surface area (Å²) >= 11 is 0. The number of amides is 1.